The SMILES string of the molecule is CCCCOc1ccc(CC)cc1S(=O)(=O)C(=[N+]=[N-])S(=O)(=O)c1cc(CC)ccc1OCCCC. The Morgan fingerprint density at radius 1 is 0.743 bits per heavy atom. The topological polar surface area (TPSA) is 123 Å². The Kier molecular flexibility index (Phi) is 10.5. The molecule has 10 heteroatoms. The summed E-state index contributed by atoms with van der Waals surface area (Å²) in [6, 6.07) is 9.15. The van der Waals surface area contributed by atoms with Gasteiger partial charge in [0.05, 0.1) is 13.2 Å². The number of nitrogens with zero attached hydrogens (tertiary/aromatic N) is 2. The normalized spacial score (nSPS) is 11.7. The second-order valence-electron chi connectivity index (χ2n) is 8.05. The molecule has 0 radical (unpaired) electrons. The molecular formula is C25H34N2O6S2. The van der Waals surface area contributed by atoms with Crippen LogP contribution in [0.15, 0.2) is 46.2 Å². The van der Waals surface area contributed by atoms with Gasteiger partial charge in [0.2, 0.25) is 0 Å². The summed E-state index contributed by atoms with van der Waals surface area (Å²) in [5.74, 6) is 0.0162. The molecule has 0 aliphatic heterocycles. The van der Waals surface area contributed by atoms with Gasteiger partial charge < -0.3 is 15.0 Å². The van der Waals surface area contributed by atoms with Crippen LogP contribution in [0.3, 0.4) is 0 Å². The molecule has 0 amide bonds. The van der Waals surface area contributed by atoms with E-state index in [9.17, 15) is 22.4 Å². The minimum atomic E-state index is -4.79. The van der Waals surface area contributed by atoms with Crippen LogP contribution in [-0.2, 0) is 32.5 Å². The van der Waals surface area contributed by atoms with Gasteiger partial charge in [0, 0.05) is 0 Å². The highest BCUT2D eigenvalue weighted by molar-refractivity contribution is 8.31. The van der Waals surface area contributed by atoms with Gasteiger partial charge in [0.1, 0.15) is 21.3 Å². The summed E-state index contributed by atoms with van der Waals surface area (Å²) in [5.41, 5.74) is 11.1. The second kappa shape index (κ2) is 12.9. The van der Waals surface area contributed by atoms with Crippen molar-refractivity contribution in [1.29, 1.82) is 0 Å². The Balaban J connectivity index is 2.67. The molecule has 8 nitrogen and oxygen atoms in total. The van der Waals surface area contributed by atoms with Gasteiger partial charge in [-0.3, -0.25) is 0 Å². The van der Waals surface area contributed by atoms with Crippen molar-refractivity contribution in [2.24, 2.45) is 0 Å². The molecule has 0 N–H and O–H groups in total. The minimum absolute atomic E-state index is 0.00808. The fourth-order valence-corrected chi connectivity index (χ4v) is 6.98. The van der Waals surface area contributed by atoms with Crippen LogP contribution in [0.4, 0.5) is 0 Å². The van der Waals surface area contributed by atoms with E-state index in [1.54, 1.807) is 12.1 Å². The first kappa shape index (κ1) is 28.6. The number of sulfone groups is 2. The van der Waals surface area contributed by atoms with Crippen LogP contribution in [0.25, 0.3) is 5.53 Å². The van der Waals surface area contributed by atoms with Gasteiger partial charge in [-0.25, -0.2) is 16.8 Å². The highest BCUT2D eigenvalue weighted by Gasteiger charge is 2.47. The molecule has 0 aliphatic rings. The fourth-order valence-electron chi connectivity index (χ4n) is 3.30. The maximum absolute atomic E-state index is 13.6. The highest BCUT2D eigenvalue weighted by Crippen LogP contribution is 2.33. The molecule has 0 aromatic heterocycles. The molecule has 2 rings (SSSR count). The lowest BCUT2D eigenvalue weighted by molar-refractivity contribution is 0.00377. The number of unbranched alkanes of at least 4 members (excludes halogenated alkanes) is 2. The summed E-state index contributed by atoms with van der Waals surface area (Å²) in [5, 5.41) is 0. The molecular weight excluding hydrogens is 488 g/mol. The van der Waals surface area contributed by atoms with Crippen molar-refractivity contribution >= 4 is 24.1 Å². The number of ether oxygens (including phenoxy) is 2. The van der Waals surface area contributed by atoms with E-state index in [1.807, 2.05) is 27.7 Å². The smallest absolute Gasteiger partial charge is 0.492 e. The maximum atomic E-state index is 13.6. The Morgan fingerprint density at radius 3 is 1.46 bits per heavy atom. The van der Waals surface area contributed by atoms with Crippen molar-refractivity contribution in [3.8, 4) is 11.5 Å². The molecule has 0 spiro atoms. The summed E-state index contributed by atoms with van der Waals surface area (Å²) >= 11 is 0. The Morgan fingerprint density at radius 2 is 1.14 bits per heavy atom. The molecule has 2 aromatic carbocycles. The van der Waals surface area contributed by atoms with Gasteiger partial charge in [-0.1, -0.05) is 52.7 Å². The first-order chi connectivity index (χ1) is 16.7. The Labute approximate surface area is 208 Å². The maximum Gasteiger partial charge on any atom is 0.504 e. The van der Waals surface area contributed by atoms with E-state index in [1.165, 1.54) is 24.3 Å². The number of hydrogen-bond donors (Lipinski definition) is 0. The molecule has 0 saturated carbocycles. The largest absolute Gasteiger partial charge is 0.504 e. The first-order valence-corrected chi connectivity index (χ1v) is 14.9. The fraction of sp³-hybridized carbons (Fsp3) is 0.480. The first-order valence-electron chi connectivity index (χ1n) is 11.9. The van der Waals surface area contributed by atoms with Gasteiger partial charge in [-0.15, -0.1) is 4.79 Å². The number of rotatable bonds is 12. The quantitative estimate of drug-likeness (QED) is 0.127. The third kappa shape index (κ3) is 6.72. The minimum Gasteiger partial charge on any atom is -0.492 e. The molecule has 2 aromatic rings. The molecule has 0 unspecified atom stereocenters. The number of aryl methyl sites for hydroxylation is 2. The van der Waals surface area contributed by atoms with Crippen LogP contribution >= 0.6 is 0 Å². The van der Waals surface area contributed by atoms with Crippen LogP contribution in [0, 0.1) is 0 Å². The van der Waals surface area contributed by atoms with E-state index in [0.717, 1.165) is 12.8 Å². The van der Waals surface area contributed by atoms with E-state index in [4.69, 9.17) is 9.47 Å². The zero-order valence-electron chi connectivity index (χ0n) is 20.8. The summed E-state index contributed by atoms with van der Waals surface area (Å²) in [6.45, 7) is 8.14. The third-order valence-electron chi connectivity index (χ3n) is 5.46. The zero-order chi connectivity index (χ0) is 26.1. The molecule has 0 bridgehead atoms. The monoisotopic (exact) mass is 522 g/mol. The molecule has 0 aliphatic carbocycles. The van der Waals surface area contributed by atoms with Crippen LogP contribution in [0.1, 0.15) is 64.5 Å². The van der Waals surface area contributed by atoms with Crippen LogP contribution in [0.2, 0.25) is 0 Å². The van der Waals surface area contributed by atoms with Crippen molar-refractivity contribution in [3.05, 3.63) is 53.1 Å². The zero-order valence-corrected chi connectivity index (χ0v) is 22.4. The van der Waals surface area contributed by atoms with Gasteiger partial charge >= 0.3 is 4.38 Å². The summed E-state index contributed by atoms with van der Waals surface area (Å²) < 4.78 is 64.5. The molecule has 0 saturated heterocycles. The molecule has 35 heavy (non-hydrogen) atoms. The van der Waals surface area contributed by atoms with Crippen molar-refractivity contribution in [2.75, 3.05) is 13.2 Å². The van der Waals surface area contributed by atoms with Crippen molar-refractivity contribution in [2.45, 2.75) is 76.0 Å². The summed E-state index contributed by atoms with van der Waals surface area (Å²) in [6.07, 6.45) is 4.09. The lowest BCUT2D eigenvalue weighted by Crippen LogP contribution is -2.27. The lowest BCUT2D eigenvalue weighted by atomic mass is 10.2. The predicted octanol–water partition coefficient (Wildman–Crippen LogP) is 5.00. The number of benzene rings is 2. The Bertz CT molecular complexity index is 1190. The van der Waals surface area contributed by atoms with Crippen molar-refractivity contribution in [3.63, 3.8) is 0 Å². The Hall–Kier alpha value is -2.68. The standard InChI is InChI=1S/C25H34N2O6S2/c1-5-9-15-32-21-13-11-19(7-3)17-23(21)34(28,29)25(27-26)35(30,31)24-18-20(8-4)12-14-22(24)33-16-10-6-2/h11-14,17-18H,5-10,15-16H2,1-4H3. The third-order valence-corrected chi connectivity index (χ3v) is 9.66. The lowest BCUT2D eigenvalue weighted by Gasteiger charge is -2.14. The van der Waals surface area contributed by atoms with Crippen LogP contribution in [0.5, 0.6) is 11.5 Å². The van der Waals surface area contributed by atoms with E-state index in [2.05, 4.69) is 4.79 Å². The van der Waals surface area contributed by atoms with Crippen LogP contribution < -0.4 is 9.47 Å². The molecule has 0 heterocycles. The summed E-state index contributed by atoms with van der Waals surface area (Å²) in [4.78, 5) is 2.09. The van der Waals surface area contributed by atoms with Crippen LogP contribution in [-0.4, -0.2) is 39.2 Å². The average Bonchev–Trinajstić information content (AvgIpc) is 2.84. The van der Waals surface area contributed by atoms with E-state index in [0.29, 0.717) is 36.8 Å². The predicted molar refractivity (Wildman–Crippen MR) is 135 cm³/mol. The highest BCUT2D eigenvalue weighted by atomic mass is 32.3. The van der Waals surface area contributed by atoms with E-state index in [-0.39, 0.29) is 34.5 Å². The van der Waals surface area contributed by atoms with Gasteiger partial charge in [0.15, 0.2) is 0 Å². The molecule has 192 valence electrons. The van der Waals surface area contributed by atoms with Crippen molar-refractivity contribution in [1.82, 2.24) is 0 Å². The van der Waals surface area contributed by atoms with Gasteiger partial charge in [-0.05, 0) is 61.1 Å². The van der Waals surface area contributed by atoms with Crippen molar-refractivity contribution < 1.29 is 31.1 Å². The molecule has 0 fully saturated rings. The average molecular weight is 523 g/mol. The molecule has 0 atom stereocenters. The van der Waals surface area contributed by atoms with E-state index < -0.39 is 24.1 Å². The second-order valence-corrected chi connectivity index (χ2v) is 12.0. The van der Waals surface area contributed by atoms with Gasteiger partial charge in [0.25, 0.3) is 19.7 Å². The van der Waals surface area contributed by atoms with E-state index >= 15 is 0 Å². The number of hydrogen-bond acceptors (Lipinski definition) is 6. The summed E-state index contributed by atoms with van der Waals surface area (Å²) in [7, 11) is -9.57. The van der Waals surface area contributed by atoms with Gasteiger partial charge in [-0.2, -0.15) is 0 Å².